The van der Waals surface area contributed by atoms with Crippen molar-refractivity contribution in [3.63, 3.8) is 0 Å². The van der Waals surface area contributed by atoms with E-state index in [1.807, 2.05) is 0 Å². The Kier molecular flexibility index (Phi) is 5.24. The van der Waals surface area contributed by atoms with Gasteiger partial charge in [0.1, 0.15) is 6.23 Å². The molecule has 5 heteroatoms. The van der Waals surface area contributed by atoms with Gasteiger partial charge in [-0.05, 0) is 12.8 Å². The van der Waals surface area contributed by atoms with Crippen molar-refractivity contribution < 1.29 is 14.6 Å². The summed E-state index contributed by atoms with van der Waals surface area (Å²) >= 11 is 0. The van der Waals surface area contributed by atoms with Crippen LogP contribution in [0.25, 0.3) is 0 Å². The molecule has 0 spiro atoms. The van der Waals surface area contributed by atoms with Crippen LogP contribution < -0.4 is 0 Å². The molecule has 1 aliphatic heterocycles. The van der Waals surface area contributed by atoms with Crippen molar-refractivity contribution in [1.29, 1.82) is 0 Å². The molecule has 1 rings (SSSR count). The van der Waals surface area contributed by atoms with Gasteiger partial charge in [0, 0.05) is 18.5 Å². The molecule has 2 atom stereocenters. The van der Waals surface area contributed by atoms with Gasteiger partial charge in [-0.15, -0.1) is 11.8 Å². The van der Waals surface area contributed by atoms with E-state index in [9.17, 15) is 9.90 Å². The average Bonchev–Trinajstić information content (AvgIpc) is 2.64. The number of carbonyl (C=O) groups excluding carboxylic acids is 1. The van der Waals surface area contributed by atoms with Crippen LogP contribution >= 0.6 is 0 Å². The Hall–Kier alpha value is -0.993. The quantitative estimate of drug-likeness (QED) is 0.618. The number of aliphatic hydroxyl groups excluding tert-OH is 1. The van der Waals surface area contributed by atoms with E-state index in [4.69, 9.17) is 0 Å². The largest absolute Gasteiger partial charge is 0.453 e. The molecule has 1 unspecified atom stereocenters. The fourth-order valence-corrected chi connectivity index (χ4v) is 2.61. The van der Waals surface area contributed by atoms with Crippen LogP contribution in [0.3, 0.4) is 0 Å². The Balaban J connectivity index is 2.53. The number of hydrogen-bond acceptors (Lipinski definition) is 3. The first kappa shape index (κ1) is 15.1. The summed E-state index contributed by atoms with van der Waals surface area (Å²) in [7, 11) is 0.213. The van der Waals surface area contributed by atoms with Crippen LogP contribution in [0.1, 0.15) is 19.3 Å². The predicted octanol–water partition coefficient (Wildman–Crippen LogP) is 2.27. The van der Waals surface area contributed by atoms with Crippen molar-refractivity contribution in [3.05, 3.63) is 0 Å². The first-order chi connectivity index (χ1) is 8.35. The molecule has 0 bridgehead atoms. The van der Waals surface area contributed by atoms with Crippen LogP contribution in [0.2, 0.25) is 25.7 Å². The number of likely N-dealkylation sites (tertiary alicyclic amines) is 1. The summed E-state index contributed by atoms with van der Waals surface area (Å²) in [5.41, 5.74) is 0. The second-order valence-corrected chi connectivity index (χ2v) is 11.4. The molecule has 1 aliphatic rings. The van der Waals surface area contributed by atoms with Crippen LogP contribution in [0.4, 0.5) is 4.79 Å². The van der Waals surface area contributed by atoms with Gasteiger partial charge in [-0.25, -0.2) is 4.79 Å². The topological polar surface area (TPSA) is 49.8 Å². The zero-order valence-corrected chi connectivity index (χ0v) is 12.7. The summed E-state index contributed by atoms with van der Waals surface area (Å²) in [6.45, 7) is 6.84. The zero-order chi connectivity index (χ0) is 13.8. The smallest absolute Gasteiger partial charge is 0.411 e. The summed E-state index contributed by atoms with van der Waals surface area (Å²) in [5.74, 6) is 6.33. The third-order valence-electron chi connectivity index (χ3n) is 2.94. The van der Waals surface area contributed by atoms with Crippen LogP contribution in [-0.2, 0) is 4.74 Å². The highest BCUT2D eigenvalue weighted by Gasteiger charge is 2.35. The van der Waals surface area contributed by atoms with Crippen LogP contribution in [0, 0.1) is 11.8 Å². The minimum atomic E-state index is -1.12. The van der Waals surface area contributed by atoms with Gasteiger partial charge >= 0.3 is 6.09 Å². The van der Waals surface area contributed by atoms with E-state index < -0.39 is 20.4 Å². The molecule has 1 saturated heterocycles. The monoisotopic (exact) mass is 269 g/mol. The first-order valence-electron chi connectivity index (χ1n) is 6.35. The average molecular weight is 269 g/mol. The van der Waals surface area contributed by atoms with Crippen molar-refractivity contribution in [2.24, 2.45) is 0 Å². The molecule has 18 heavy (non-hydrogen) atoms. The van der Waals surface area contributed by atoms with Gasteiger partial charge in [0.15, 0.2) is 0 Å². The van der Waals surface area contributed by atoms with Gasteiger partial charge in [0.25, 0.3) is 0 Å². The van der Waals surface area contributed by atoms with E-state index in [0.717, 1.165) is 12.5 Å². The maximum Gasteiger partial charge on any atom is 0.411 e. The predicted molar refractivity (Wildman–Crippen MR) is 73.8 cm³/mol. The number of rotatable bonds is 2. The van der Waals surface area contributed by atoms with Gasteiger partial charge in [-0.3, -0.25) is 4.90 Å². The normalized spacial score (nSPS) is 23.5. The number of nitrogens with zero attached hydrogens (tertiary/aromatic N) is 1. The molecule has 1 N–H and O–H groups in total. The van der Waals surface area contributed by atoms with E-state index in [2.05, 4.69) is 36.2 Å². The third-order valence-corrected chi connectivity index (χ3v) is 4.18. The summed E-state index contributed by atoms with van der Waals surface area (Å²) in [6, 6.07) is 0.960. The van der Waals surface area contributed by atoms with Gasteiger partial charge in [0.2, 0.25) is 0 Å². The first-order valence-corrected chi connectivity index (χ1v) is 10.1. The fourth-order valence-electron chi connectivity index (χ4n) is 1.96. The molecule has 1 fully saturated rings. The van der Waals surface area contributed by atoms with Crippen molar-refractivity contribution in [2.45, 2.75) is 57.2 Å². The van der Waals surface area contributed by atoms with Crippen molar-refractivity contribution in [2.75, 3.05) is 7.11 Å². The fraction of sp³-hybridized carbons (Fsp3) is 0.769. The minimum Gasteiger partial charge on any atom is -0.453 e. The molecule has 0 radical (unpaired) electrons. The van der Waals surface area contributed by atoms with E-state index in [-0.39, 0.29) is 6.04 Å². The molecule has 1 amide bonds. The Morgan fingerprint density at radius 3 is 2.61 bits per heavy atom. The molecule has 0 aromatic carbocycles. The highest BCUT2D eigenvalue weighted by molar-refractivity contribution is 6.76. The van der Waals surface area contributed by atoms with E-state index in [1.54, 1.807) is 0 Å². The van der Waals surface area contributed by atoms with Crippen molar-refractivity contribution in [3.8, 4) is 11.8 Å². The molecular weight excluding hydrogens is 246 g/mol. The Morgan fingerprint density at radius 2 is 2.06 bits per heavy atom. The van der Waals surface area contributed by atoms with Gasteiger partial charge in [-0.1, -0.05) is 19.6 Å². The number of ether oxygens (including phenoxy) is 1. The number of carbonyl (C=O) groups is 1. The summed E-state index contributed by atoms with van der Waals surface area (Å²) in [5, 5.41) is 9.73. The maximum absolute atomic E-state index is 11.5. The molecule has 4 nitrogen and oxygen atoms in total. The lowest BCUT2D eigenvalue weighted by Crippen LogP contribution is -2.40. The highest BCUT2D eigenvalue weighted by atomic mass is 28.3. The third kappa shape index (κ3) is 4.35. The SMILES string of the molecule is COC(=O)N1C(O)CC[C@H]1CC#CC[Si](C)(C)C. The highest BCUT2D eigenvalue weighted by Crippen LogP contribution is 2.25. The van der Waals surface area contributed by atoms with E-state index in [0.29, 0.717) is 12.8 Å². The summed E-state index contributed by atoms with van der Waals surface area (Å²) in [6.07, 6.45) is 0.836. The number of aliphatic hydroxyl groups is 1. The molecular formula is C13H23NO3Si. The second-order valence-electron chi connectivity index (χ2n) is 5.88. The van der Waals surface area contributed by atoms with Gasteiger partial charge < -0.3 is 9.84 Å². The summed E-state index contributed by atoms with van der Waals surface area (Å²) in [4.78, 5) is 12.9. The van der Waals surface area contributed by atoms with E-state index in [1.165, 1.54) is 12.0 Å². The van der Waals surface area contributed by atoms with Gasteiger partial charge in [-0.2, -0.15) is 0 Å². The molecule has 1 heterocycles. The van der Waals surface area contributed by atoms with Crippen molar-refractivity contribution in [1.82, 2.24) is 4.90 Å². The molecule has 0 aliphatic carbocycles. The Labute approximate surface area is 110 Å². The Morgan fingerprint density at radius 1 is 1.39 bits per heavy atom. The van der Waals surface area contributed by atoms with Crippen molar-refractivity contribution >= 4 is 14.2 Å². The minimum absolute atomic E-state index is 0.0124. The molecule has 102 valence electrons. The van der Waals surface area contributed by atoms with Crippen LogP contribution in [0.15, 0.2) is 0 Å². The number of amides is 1. The second kappa shape index (κ2) is 6.25. The van der Waals surface area contributed by atoms with Gasteiger partial charge in [0.05, 0.1) is 15.2 Å². The molecule has 0 saturated carbocycles. The lowest BCUT2D eigenvalue weighted by atomic mass is 10.1. The molecule has 0 aromatic heterocycles. The van der Waals surface area contributed by atoms with Crippen LogP contribution in [-0.4, -0.2) is 43.6 Å². The number of methoxy groups -OCH3 is 1. The Bertz CT molecular complexity index is 353. The lowest BCUT2D eigenvalue weighted by Gasteiger charge is -2.24. The number of hydrogen-bond donors (Lipinski definition) is 1. The molecule has 0 aromatic rings. The maximum atomic E-state index is 11.5. The lowest BCUT2D eigenvalue weighted by molar-refractivity contribution is 0.0175. The zero-order valence-electron chi connectivity index (χ0n) is 11.7. The summed E-state index contributed by atoms with van der Waals surface area (Å²) < 4.78 is 4.68. The van der Waals surface area contributed by atoms with Crippen LogP contribution in [0.5, 0.6) is 0 Å². The standard InChI is InChI=1S/C13H23NO3Si/c1-17-13(16)14-11(8-9-12(14)15)7-5-6-10-18(2,3)4/h11-12,15H,7-10H2,1-4H3/t11-,12?/m1/s1. The van der Waals surface area contributed by atoms with E-state index >= 15 is 0 Å².